The highest BCUT2D eigenvalue weighted by Crippen LogP contribution is 2.38. The quantitative estimate of drug-likeness (QED) is 0.687. The first-order chi connectivity index (χ1) is 13.7. The van der Waals surface area contributed by atoms with Crippen LogP contribution in [0.1, 0.15) is 24.8 Å². The van der Waals surface area contributed by atoms with Gasteiger partial charge in [-0.1, -0.05) is 6.07 Å². The van der Waals surface area contributed by atoms with E-state index in [9.17, 15) is 13.5 Å². The van der Waals surface area contributed by atoms with Crippen molar-refractivity contribution in [2.24, 2.45) is 0 Å². The molecule has 1 fully saturated rings. The number of nitrogens with zero attached hydrogens (tertiary/aromatic N) is 2. The Morgan fingerprint density at radius 1 is 1.31 bits per heavy atom. The van der Waals surface area contributed by atoms with E-state index in [0.29, 0.717) is 53.9 Å². The number of aromatic nitrogens is 1. The van der Waals surface area contributed by atoms with E-state index in [4.69, 9.17) is 13.9 Å². The molecule has 1 aromatic carbocycles. The molecule has 160 valence electrons. The fourth-order valence-electron chi connectivity index (χ4n) is 3.83. The van der Waals surface area contributed by atoms with Crippen molar-refractivity contribution in [3.05, 3.63) is 29.7 Å². The third-order valence-electron chi connectivity index (χ3n) is 5.48. The molecule has 1 aliphatic heterocycles. The lowest BCUT2D eigenvalue weighted by Gasteiger charge is -2.36. The Balaban J connectivity index is 1.92. The Kier molecular flexibility index (Phi) is 6.21. The number of ether oxygens (including phenoxy) is 2. The lowest BCUT2D eigenvalue weighted by atomic mass is 9.99. The summed E-state index contributed by atoms with van der Waals surface area (Å²) >= 11 is 0. The van der Waals surface area contributed by atoms with Crippen molar-refractivity contribution in [2.45, 2.75) is 32.4 Å². The summed E-state index contributed by atoms with van der Waals surface area (Å²) in [5.74, 6) is 2.39. The van der Waals surface area contributed by atoms with Gasteiger partial charge >= 0.3 is 0 Å². The average molecular weight is 425 g/mol. The Hall–Kier alpha value is -2.10. The molecule has 3 rings (SSSR count). The van der Waals surface area contributed by atoms with Crippen molar-refractivity contribution in [3.63, 3.8) is 0 Å². The maximum Gasteiger partial charge on any atom is 0.230 e. The molecule has 8 nitrogen and oxygen atoms in total. The second-order valence-electron chi connectivity index (χ2n) is 7.55. The van der Waals surface area contributed by atoms with E-state index in [1.807, 2.05) is 30.9 Å². The summed E-state index contributed by atoms with van der Waals surface area (Å²) in [7, 11) is 0.0527. The van der Waals surface area contributed by atoms with E-state index in [-0.39, 0.29) is 18.1 Å². The van der Waals surface area contributed by atoms with Crippen molar-refractivity contribution in [3.8, 4) is 23.0 Å². The Bertz CT molecular complexity index is 971. The molecule has 2 heterocycles. The van der Waals surface area contributed by atoms with Crippen LogP contribution in [0.4, 0.5) is 0 Å². The van der Waals surface area contributed by atoms with Gasteiger partial charge in [-0.25, -0.2) is 13.4 Å². The molecule has 1 N–H and O–H groups in total. The number of aliphatic hydroxyl groups is 1. The molecule has 0 amide bonds. The number of oxazole rings is 1. The molecule has 2 aromatic rings. The Labute approximate surface area is 171 Å². The summed E-state index contributed by atoms with van der Waals surface area (Å²) < 4.78 is 40.8. The highest BCUT2D eigenvalue weighted by atomic mass is 32.2. The first-order valence-corrected chi connectivity index (χ1v) is 11.3. The molecule has 0 unspecified atom stereocenters. The number of sulfone groups is 1. The largest absolute Gasteiger partial charge is 0.493 e. The van der Waals surface area contributed by atoms with Gasteiger partial charge in [0.1, 0.15) is 5.76 Å². The van der Waals surface area contributed by atoms with E-state index in [1.165, 1.54) is 0 Å². The number of β-amino-alcohol motifs (C(OH)–C–C–N with tert-alkyl or cyclic N) is 1. The van der Waals surface area contributed by atoms with Crippen molar-refractivity contribution in [1.82, 2.24) is 9.88 Å². The zero-order valence-corrected chi connectivity index (χ0v) is 18.1. The van der Waals surface area contributed by atoms with Crippen LogP contribution in [0.5, 0.6) is 11.5 Å². The van der Waals surface area contributed by atoms with Crippen LogP contribution < -0.4 is 9.47 Å². The highest BCUT2D eigenvalue weighted by Gasteiger charge is 2.43. The van der Waals surface area contributed by atoms with E-state index >= 15 is 0 Å². The van der Waals surface area contributed by atoms with Gasteiger partial charge in [0.25, 0.3) is 0 Å². The van der Waals surface area contributed by atoms with Crippen molar-refractivity contribution >= 4 is 9.84 Å². The standard InChI is InChI=1S/C20H28N2O6S/c1-14-16(12-22(9-10-23)20(2)8-11-29(24,25)13-20)21-19(28-14)15-6-5-7-17(26-3)18(15)27-4/h5-7,23H,8-13H2,1-4H3/t20-/m0/s1. The smallest absolute Gasteiger partial charge is 0.230 e. The number of methoxy groups -OCH3 is 2. The molecule has 1 aliphatic rings. The maximum absolute atomic E-state index is 12.0. The fourth-order valence-corrected chi connectivity index (χ4v) is 6.00. The number of para-hydroxylation sites is 1. The van der Waals surface area contributed by atoms with Gasteiger partial charge in [0.15, 0.2) is 21.3 Å². The summed E-state index contributed by atoms with van der Waals surface area (Å²) in [6.45, 7) is 4.42. The minimum absolute atomic E-state index is 0.0664. The molecule has 0 saturated carbocycles. The second-order valence-corrected chi connectivity index (χ2v) is 9.73. The van der Waals surface area contributed by atoms with Crippen LogP contribution in [-0.2, 0) is 16.4 Å². The van der Waals surface area contributed by atoms with E-state index in [2.05, 4.69) is 4.98 Å². The molecular formula is C20H28N2O6S. The number of aliphatic hydroxyl groups excluding tert-OH is 1. The predicted octanol–water partition coefficient (Wildman–Crippen LogP) is 2.04. The molecule has 0 bridgehead atoms. The van der Waals surface area contributed by atoms with Gasteiger partial charge in [-0.2, -0.15) is 0 Å². The molecule has 9 heteroatoms. The van der Waals surface area contributed by atoms with Gasteiger partial charge in [0.2, 0.25) is 5.89 Å². The minimum atomic E-state index is -3.07. The molecule has 0 spiro atoms. The van der Waals surface area contributed by atoms with Crippen LogP contribution in [0.15, 0.2) is 22.6 Å². The summed E-state index contributed by atoms with van der Waals surface area (Å²) in [5.41, 5.74) is 0.828. The van der Waals surface area contributed by atoms with Gasteiger partial charge in [-0.05, 0) is 32.4 Å². The van der Waals surface area contributed by atoms with Crippen LogP contribution in [0.3, 0.4) is 0 Å². The summed E-state index contributed by atoms with van der Waals surface area (Å²) in [5, 5.41) is 9.53. The lowest BCUT2D eigenvalue weighted by Crippen LogP contribution is -2.48. The van der Waals surface area contributed by atoms with E-state index in [0.717, 1.165) is 0 Å². The number of rotatable bonds is 8. The predicted molar refractivity (Wildman–Crippen MR) is 109 cm³/mol. The number of hydrogen-bond acceptors (Lipinski definition) is 8. The third-order valence-corrected chi connectivity index (χ3v) is 7.37. The fraction of sp³-hybridized carbons (Fsp3) is 0.550. The molecule has 1 aromatic heterocycles. The normalized spacial score (nSPS) is 20.9. The topological polar surface area (TPSA) is 102 Å². The van der Waals surface area contributed by atoms with Crippen molar-refractivity contribution in [1.29, 1.82) is 0 Å². The Morgan fingerprint density at radius 3 is 2.66 bits per heavy atom. The Morgan fingerprint density at radius 2 is 2.07 bits per heavy atom. The summed E-state index contributed by atoms with van der Waals surface area (Å²) in [6, 6.07) is 5.47. The van der Waals surface area contributed by atoms with Crippen LogP contribution in [0.25, 0.3) is 11.5 Å². The minimum Gasteiger partial charge on any atom is -0.493 e. The van der Waals surface area contributed by atoms with Gasteiger partial charge in [-0.15, -0.1) is 0 Å². The molecule has 1 atom stereocenters. The zero-order valence-electron chi connectivity index (χ0n) is 17.3. The second kappa shape index (κ2) is 8.33. The number of hydrogen-bond donors (Lipinski definition) is 1. The van der Waals surface area contributed by atoms with Gasteiger partial charge in [0.05, 0.1) is 43.6 Å². The first-order valence-electron chi connectivity index (χ1n) is 9.47. The molecule has 0 radical (unpaired) electrons. The number of aryl methyl sites for hydroxylation is 1. The SMILES string of the molecule is COc1cccc(-c2nc(CN(CCO)[C@@]3(C)CCS(=O)(=O)C3)c(C)o2)c1OC. The highest BCUT2D eigenvalue weighted by molar-refractivity contribution is 7.91. The molecule has 0 aliphatic carbocycles. The molecule has 29 heavy (non-hydrogen) atoms. The summed E-state index contributed by atoms with van der Waals surface area (Å²) in [4.78, 5) is 6.63. The maximum atomic E-state index is 12.0. The lowest BCUT2D eigenvalue weighted by molar-refractivity contribution is 0.0884. The van der Waals surface area contributed by atoms with Gasteiger partial charge in [0, 0.05) is 18.6 Å². The third kappa shape index (κ3) is 4.41. The van der Waals surface area contributed by atoms with E-state index < -0.39 is 15.4 Å². The van der Waals surface area contributed by atoms with E-state index in [1.54, 1.807) is 20.3 Å². The van der Waals surface area contributed by atoms with Crippen molar-refractivity contribution < 1.29 is 27.4 Å². The average Bonchev–Trinajstić information content (AvgIpc) is 3.19. The molecular weight excluding hydrogens is 396 g/mol. The summed E-state index contributed by atoms with van der Waals surface area (Å²) in [6.07, 6.45) is 0.531. The number of benzene rings is 1. The van der Waals surface area contributed by atoms with Crippen LogP contribution >= 0.6 is 0 Å². The zero-order chi connectivity index (χ0) is 21.2. The van der Waals surface area contributed by atoms with Crippen LogP contribution in [0.2, 0.25) is 0 Å². The van der Waals surface area contributed by atoms with Crippen molar-refractivity contribution in [2.75, 3.05) is 38.9 Å². The first kappa shape index (κ1) is 21.6. The van der Waals surface area contributed by atoms with Gasteiger partial charge < -0.3 is 19.0 Å². The van der Waals surface area contributed by atoms with Gasteiger partial charge in [-0.3, -0.25) is 4.90 Å². The van der Waals surface area contributed by atoms with Crippen LogP contribution in [-0.4, -0.2) is 67.8 Å². The molecule has 1 saturated heterocycles. The monoisotopic (exact) mass is 424 g/mol. The van der Waals surface area contributed by atoms with Crippen LogP contribution in [0, 0.1) is 6.92 Å².